The molecule has 3 aromatic rings. The Kier molecular flexibility index (Phi) is 5.66. The Bertz CT molecular complexity index is 983. The van der Waals surface area contributed by atoms with E-state index in [1.165, 1.54) is 21.7 Å². The lowest BCUT2D eigenvalue weighted by Gasteiger charge is -2.34. The van der Waals surface area contributed by atoms with Crippen LogP contribution in [0.1, 0.15) is 5.56 Å². The van der Waals surface area contributed by atoms with Crippen LogP contribution in [0.4, 0.5) is 14.5 Å². The summed E-state index contributed by atoms with van der Waals surface area (Å²) in [7, 11) is 0. The van der Waals surface area contributed by atoms with Crippen LogP contribution in [-0.2, 0) is 11.3 Å². The van der Waals surface area contributed by atoms with E-state index in [1.54, 1.807) is 11.3 Å². The zero-order valence-corrected chi connectivity index (χ0v) is 16.1. The number of carbonyl (C=O) groups excluding carboxylic acids is 1. The van der Waals surface area contributed by atoms with E-state index in [9.17, 15) is 13.6 Å². The Hall–Kier alpha value is -2.35. The molecule has 1 aliphatic heterocycles. The minimum absolute atomic E-state index is 0.00868. The molecule has 0 bridgehead atoms. The van der Waals surface area contributed by atoms with E-state index in [0.717, 1.165) is 44.9 Å². The number of benzene rings is 2. The standard InChI is InChI=1S/C21H21F2N3OS/c22-16-5-6-19(18(23)11-16)24-21(27)13-26-9-7-25(8-10-26)12-15-14-28-20-4-2-1-3-17(15)20/h1-6,11,14H,7-10,12-13H2,(H,24,27). The first-order valence-electron chi connectivity index (χ1n) is 9.23. The zero-order chi connectivity index (χ0) is 19.5. The highest BCUT2D eigenvalue weighted by Crippen LogP contribution is 2.27. The van der Waals surface area contributed by atoms with Gasteiger partial charge in [0.05, 0.1) is 12.2 Å². The fourth-order valence-electron chi connectivity index (χ4n) is 3.49. The van der Waals surface area contributed by atoms with Gasteiger partial charge in [-0.05, 0) is 34.5 Å². The summed E-state index contributed by atoms with van der Waals surface area (Å²) in [6.07, 6.45) is 0. The maximum absolute atomic E-state index is 13.7. The van der Waals surface area contributed by atoms with Crippen LogP contribution < -0.4 is 5.32 Å². The molecule has 2 aromatic carbocycles. The molecule has 28 heavy (non-hydrogen) atoms. The van der Waals surface area contributed by atoms with Crippen molar-refractivity contribution < 1.29 is 13.6 Å². The number of piperazine rings is 1. The summed E-state index contributed by atoms with van der Waals surface area (Å²) >= 11 is 1.77. The average molecular weight is 401 g/mol. The van der Waals surface area contributed by atoms with Gasteiger partial charge in [0.1, 0.15) is 11.6 Å². The molecule has 4 nitrogen and oxygen atoms in total. The van der Waals surface area contributed by atoms with E-state index in [0.29, 0.717) is 0 Å². The normalized spacial score (nSPS) is 15.8. The third kappa shape index (κ3) is 4.38. The molecule has 0 radical (unpaired) electrons. The van der Waals surface area contributed by atoms with Gasteiger partial charge in [0.15, 0.2) is 0 Å². The molecule has 146 valence electrons. The molecule has 7 heteroatoms. The van der Waals surface area contributed by atoms with Crippen LogP contribution in [0.25, 0.3) is 10.1 Å². The third-order valence-electron chi connectivity index (χ3n) is 4.99. The van der Waals surface area contributed by atoms with Gasteiger partial charge in [-0.25, -0.2) is 8.78 Å². The van der Waals surface area contributed by atoms with E-state index >= 15 is 0 Å². The number of rotatable bonds is 5. The van der Waals surface area contributed by atoms with Crippen LogP contribution in [0.3, 0.4) is 0 Å². The zero-order valence-electron chi connectivity index (χ0n) is 15.3. The molecule has 1 amide bonds. The highest BCUT2D eigenvalue weighted by molar-refractivity contribution is 7.17. The summed E-state index contributed by atoms with van der Waals surface area (Å²) in [5.41, 5.74) is 1.35. The van der Waals surface area contributed by atoms with Crippen LogP contribution in [-0.4, -0.2) is 48.4 Å². The van der Waals surface area contributed by atoms with Crippen LogP contribution in [0.15, 0.2) is 47.8 Å². The number of amides is 1. The summed E-state index contributed by atoms with van der Waals surface area (Å²) in [5, 5.41) is 6.06. The number of nitrogens with zero attached hydrogens (tertiary/aromatic N) is 2. The van der Waals surface area contributed by atoms with Gasteiger partial charge in [-0.2, -0.15) is 0 Å². The Morgan fingerprint density at radius 1 is 1.04 bits per heavy atom. The predicted octanol–water partition coefficient (Wildman–Crippen LogP) is 3.94. The first kappa shape index (κ1) is 19.0. The minimum Gasteiger partial charge on any atom is -0.322 e. The molecule has 1 aliphatic rings. The fourth-order valence-corrected chi connectivity index (χ4v) is 4.44. The predicted molar refractivity (Wildman–Crippen MR) is 109 cm³/mol. The Balaban J connectivity index is 1.27. The van der Waals surface area contributed by atoms with Crippen molar-refractivity contribution in [2.75, 3.05) is 38.0 Å². The summed E-state index contributed by atoms with van der Waals surface area (Å²) in [6, 6.07) is 11.6. The van der Waals surface area contributed by atoms with Gasteiger partial charge in [0.25, 0.3) is 0 Å². The lowest BCUT2D eigenvalue weighted by Crippen LogP contribution is -2.48. The van der Waals surface area contributed by atoms with Gasteiger partial charge in [-0.15, -0.1) is 11.3 Å². The number of halogens is 2. The Labute approximate surface area is 166 Å². The lowest BCUT2D eigenvalue weighted by atomic mass is 10.1. The van der Waals surface area contributed by atoms with Crippen molar-refractivity contribution in [1.82, 2.24) is 9.80 Å². The number of carbonyl (C=O) groups is 1. The molecule has 2 heterocycles. The number of fused-ring (bicyclic) bond motifs is 1. The first-order chi connectivity index (χ1) is 13.6. The molecule has 0 spiro atoms. The molecule has 0 aliphatic carbocycles. The maximum atomic E-state index is 13.7. The SMILES string of the molecule is O=C(CN1CCN(Cc2csc3ccccc23)CC1)Nc1ccc(F)cc1F. The molecule has 0 atom stereocenters. The van der Waals surface area contributed by atoms with Crippen molar-refractivity contribution in [2.24, 2.45) is 0 Å². The minimum atomic E-state index is -0.763. The number of hydrogen-bond acceptors (Lipinski definition) is 4. The second-order valence-electron chi connectivity index (χ2n) is 6.98. The van der Waals surface area contributed by atoms with Crippen molar-refractivity contribution in [3.63, 3.8) is 0 Å². The summed E-state index contributed by atoms with van der Waals surface area (Å²) in [4.78, 5) is 16.6. The first-order valence-corrected chi connectivity index (χ1v) is 10.1. The second-order valence-corrected chi connectivity index (χ2v) is 7.89. The fraction of sp³-hybridized carbons (Fsp3) is 0.286. The van der Waals surface area contributed by atoms with E-state index in [4.69, 9.17) is 0 Å². The highest BCUT2D eigenvalue weighted by atomic mass is 32.1. The van der Waals surface area contributed by atoms with Crippen LogP contribution in [0, 0.1) is 11.6 Å². The topological polar surface area (TPSA) is 35.6 Å². The molecular formula is C21H21F2N3OS. The van der Waals surface area contributed by atoms with Crippen molar-refractivity contribution >= 4 is 33.0 Å². The summed E-state index contributed by atoms with van der Waals surface area (Å²) in [6.45, 7) is 4.42. The third-order valence-corrected chi connectivity index (χ3v) is 6.00. The van der Waals surface area contributed by atoms with E-state index in [1.807, 2.05) is 0 Å². The van der Waals surface area contributed by atoms with Crippen molar-refractivity contribution in [2.45, 2.75) is 6.54 Å². The maximum Gasteiger partial charge on any atom is 0.238 e. The van der Waals surface area contributed by atoms with Crippen molar-refractivity contribution in [3.05, 3.63) is 65.0 Å². The van der Waals surface area contributed by atoms with Crippen LogP contribution >= 0.6 is 11.3 Å². The molecule has 1 saturated heterocycles. The van der Waals surface area contributed by atoms with Gasteiger partial charge in [-0.1, -0.05) is 18.2 Å². The number of thiophene rings is 1. The second kappa shape index (κ2) is 8.34. The summed E-state index contributed by atoms with van der Waals surface area (Å²) in [5.74, 6) is -1.71. The van der Waals surface area contributed by atoms with Gasteiger partial charge in [0.2, 0.25) is 5.91 Å². The molecule has 0 saturated carbocycles. The van der Waals surface area contributed by atoms with Gasteiger partial charge >= 0.3 is 0 Å². The Morgan fingerprint density at radius 3 is 2.57 bits per heavy atom. The number of nitrogens with one attached hydrogen (secondary N) is 1. The van der Waals surface area contributed by atoms with Crippen molar-refractivity contribution in [3.8, 4) is 0 Å². The van der Waals surface area contributed by atoms with Crippen LogP contribution in [0.5, 0.6) is 0 Å². The molecule has 0 unspecified atom stereocenters. The number of anilines is 1. The average Bonchev–Trinajstić information content (AvgIpc) is 3.09. The molecule has 1 N–H and O–H groups in total. The summed E-state index contributed by atoms with van der Waals surface area (Å²) < 4.78 is 27.9. The smallest absolute Gasteiger partial charge is 0.238 e. The Morgan fingerprint density at radius 2 is 1.79 bits per heavy atom. The van der Waals surface area contributed by atoms with Crippen LogP contribution in [0.2, 0.25) is 0 Å². The highest BCUT2D eigenvalue weighted by Gasteiger charge is 2.20. The van der Waals surface area contributed by atoms with Crippen molar-refractivity contribution in [1.29, 1.82) is 0 Å². The number of hydrogen-bond donors (Lipinski definition) is 1. The van der Waals surface area contributed by atoms with E-state index < -0.39 is 11.6 Å². The van der Waals surface area contributed by atoms with Gasteiger partial charge in [-0.3, -0.25) is 14.6 Å². The molecular weight excluding hydrogens is 380 g/mol. The monoisotopic (exact) mass is 401 g/mol. The molecule has 1 fully saturated rings. The van der Waals surface area contributed by atoms with Gasteiger partial charge < -0.3 is 5.32 Å². The largest absolute Gasteiger partial charge is 0.322 e. The molecule has 4 rings (SSSR count). The molecule has 1 aromatic heterocycles. The van der Waals surface area contributed by atoms with E-state index in [2.05, 4.69) is 44.8 Å². The van der Waals surface area contributed by atoms with Gasteiger partial charge in [0, 0.05) is 43.5 Å². The van der Waals surface area contributed by atoms with E-state index in [-0.39, 0.29) is 18.1 Å². The quantitative estimate of drug-likeness (QED) is 0.704. The lowest BCUT2D eigenvalue weighted by molar-refractivity contribution is -0.117.